The minimum absolute atomic E-state index is 0.0875. The lowest BCUT2D eigenvalue weighted by Gasteiger charge is -2.43. The Morgan fingerprint density at radius 1 is 0.979 bits per heavy atom. The van der Waals surface area contributed by atoms with Gasteiger partial charge in [0, 0.05) is 43.4 Å². The molecule has 0 bridgehead atoms. The van der Waals surface area contributed by atoms with E-state index in [4.69, 9.17) is 9.79 Å². The van der Waals surface area contributed by atoms with Gasteiger partial charge in [0.25, 0.3) is 5.91 Å². The van der Waals surface area contributed by atoms with Crippen LogP contribution in [0.5, 0.6) is 0 Å². The third-order valence-corrected chi connectivity index (χ3v) is 11.0. The second-order valence-electron chi connectivity index (χ2n) is 13.3. The number of alkyl halides is 2. The molecule has 2 fully saturated rings. The molecular formula is C33H39F2N4O7PS. The molecule has 0 spiro atoms. The first-order valence-electron chi connectivity index (χ1n) is 15.6. The van der Waals surface area contributed by atoms with Crippen LogP contribution in [0, 0.1) is 5.41 Å². The monoisotopic (exact) mass is 704 g/mol. The summed E-state index contributed by atoms with van der Waals surface area (Å²) in [6.45, 7) is 8.16. The number of likely N-dealkylation sites (tertiary alicyclic amines) is 1. The van der Waals surface area contributed by atoms with Gasteiger partial charge in [-0.05, 0) is 47.4 Å². The van der Waals surface area contributed by atoms with Crippen molar-refractivity contribution in [3.05, 3.63) is 70.6 Å². The molecule has 0 aliphatic carbocycles. The lowest BCUT2D eigenvalue weighted by molar-refractivity contribution is -0.149. The number of rotatable bonds is 7. The average molecular weight is 705 g/mol. The van der Waals surface area contributed by atoms with Crippen LogP contribution < -0.4 is 5.32 Å². The molecule has 0 saturated carbocycles. The molecule has 5 rings (SSSR count). The van der Waals surface area contributed by atoms with E-state index in [1.54, 1.807) is 30.6 Å². The lowest BCUT2D eigenvalue weighted by atomic mass is 9.85. The van der Waals surface area contributed by atoms with E-state index in [-0.39, 0.29) is 34.7 Å². The zero-order valence-electron chi connectivity index (χ0n) is 27.1. The van der Waals surface area contributed by atoms with Gasteiger partial charge >= 0.3 is 13.3 Å². The van der Waals surface area contributed by atoms with Crippen molar-refractivity contribution in [2.45, 2.75) is 64.3 Å². The molecule has 3 N–H and O–H groups in total. The Labute approximate surface area is 281 Å². The Hall–Kier alpha value is -3.71. The van der Waals surface area contributed by atoms with E-state index in [9.17, 15) is 32.5 Å². The number of carbonyl (C=O) groups excluding carboxylic acids is 4. The summed E-state index contributed by atoms with van der Waals surface area (Å²) in [5.41, 5.74) is -5.14. The second-order valence-corrected chi connectivity index (χ2v) is 16.1. The summed E-state index contributed by atoms with van der Waals surface area (Å²) in [6, 6.07) is 11.8. The van der Waals surface area contributed by atoms with Crippen LogP contribution >= 0.6 is 18.9 Å². The van der Waals surface area contributed by atoms with E-state index in [2.05, 4.69) is 5.32 Å². The maximum absolute atomic E-state index is 14.3. The van der Waals surface area contributed by atoms with Crippen LogP contribution in [0.25, 0.3) is 10.1 Å². The first-order valence-corrected chi connectivity index (χ1v) is 18.0. The summed E-state index contributed by atoms with van der Waals surface area (Å²) < 4.78 is 40.5. The maximum atomic E-state index is 14.3. The van der Waals surface area contributed by atoms with Crippen molar-refractivity contribution in [3.8, 4) is 0 Å². The van der Waals surface area contributed by atoms with Crippen LogP contribution in [-0.2, 0) is 24.6 Å². The van der Waals surface area contributed by atoms with Gasteiger partial charge in [-0.2, -0.15) is 8.78 Å². The number of piperazine rings is 1. The van der Waals surface area contributed by atoms with Gasteiger partial charge < -0.3 is 29.8 Å². The highest BCUT2D eigenvalue weighted by atomic mass is 32.1. The number of fused-ring (bicyclic) bond motifs is 1. The summed E-state index contributed by atoms with van der Waals surface area (Å²) in [6.07, 6.45) is 1.05. The van der Waals surface area contributed by atoms with Crippen molar-refractivity contribution in [1.82, 2.24) is 20.0 Å². The molecular weight excluding hydrogens is 665 g/mol. The molecule has 15 heteroatoms. The van der Waals surface area contributed by atoms with Crippen molar-refractivity contribution >= 4 is 52.6 Å². The molecule has 0 radical (unpaired) electrons. The Bertz CT molecular complexity index is 1770. The van der Waals surface area contributed by atoms with Gasteiger partial charge in [-0.3, -0.25) is 23.7 Å². The highest BCUT2D eigenvalue weighted by Gasteiger charge is 2.50. The minimum Gasteiger partial charge on any atom is -0.339 e. The standard InChI is InChI=1S/C33H39F2N4O7PS/c1-20(40)38-16-15-37(19-25(38)21-9-6-5-7-10-21)30(42)24-11-8-14-39(24)31(43)28(32(2,3)4)36-29(41)27-18-22-17-23(12-13-26(22)48-27)33(34,35)47(44,45)46/h5-7,9-10,12-13,17-18,24-25,28H,8,11,14-16,19H2,1-4H3,(H,36,41)(H2,44,45,46)/t24-,25-,28?/m0/s1. The molecule has 11 nitrogen and oxygen atoms in total. The van der Waals surface area contributed by atoms with E-state index < -0.39 is 48.1 Å². The van der Waals surface area contributed by atoms with Crippen molar-refractivity contribution in [2.75, 3.05) is 26.2 Å². The van der Waals surface area contributed by atoms with Crippen LogP contribution in [0.3, 0.4) is 0 Å². The predicted molar refractivity (Wildman–Crippen MR) is 176 cm³/mol. The number of thiophene rings is 1. The molecule has 48 heavy (non-hydrogen) atoms. The normalized spacial score (nSPS) is 19.8. The van der Waals surface area contributed by atoms with Crippen LogP contribution in [0.4, 0.5) is 8.78 Å². The zero-order valence-corrected chi connectivity index (χ0v) is 28.8. The van der Waals surface area contributed by atoms with Gasteiger partial charge in [-0.15, -0.1) is 11.3 Å². The zero-order chi connectivity index (χ0) is 35.2. The molecule has 3 atom stereocenters. The summed E-state index contributed by atoms with van der Waals surface area (Å²) in [4.78, 5) is 77.4. The van der Waals surface area contributed by atoms with Crippen molar-refractivity contribution in [2.24, 2.45) is 5.41 Å². The Kier molecular flexibility index (Phi) is 9.86. The Morgan fingerprint density at radius 2 is 1.67 bits per heavy atom. The maximum Gasteiger partial charge on any atom is 0.399 e. The van der Waals surface area contributed by atoms with Gasteiger partial charge in [-0.1, -0.05) is 57.2 Å². The molecule has 3 heterocycles. The molecule has 1 aromatic heterocycles. The third-order valence-electron chi connectivity index (χ3n) is 8.94. The highest BCUT2D eigenvalue weighted by Crippen LogP contribution is 2.59. The van der Waals surface area contributed by atoms with Crippen molar-refractivity contribution < 1.29 is 42.3 Å². The van der Waals surface area contributed by atoms with Gasteiger partial charge in [0.15, 0.2) is 0 Å². The van der Waals surface area contributed by atoms with E-state index in [0.717, 1.165) is 29.0 Å². The Balaban J connectivity index is 1.34. The summed E-state index contributed by atoms with van der Waals surface area (Å²) in [7, 11) is -5.78. The number of hydrogen-bond acceptors (Lipinski definition) is 6. The number of halogens is 2. The number of carbonyl (C=O) groups is 4. The highest BCUT2D eigenvalue weighted by molar-refractivity contribution is 7.52. The van der Waals surface area contributed by atoms with Gasteiger partial charge in [0.1, 0.15) is 12.1 Å². The quantitative estimate of drug-likeness (QED) is 0.302. The molecule has 258 valence electrons. The summed E-state index contributed by atoms with van der Waals surface area (Å²) in [5, 5.41) is 3.00. The van der Waals surface area contributed by atoms with Crippen molar-refractivity contribution in [1.29, 1.82) is 0 Å². The number of benzene rings is 2. The van der Waals surface area contributed by atoms with Gasteiger partial charge in [-0.25, -0.2) is 0 Å². The molecule has 4 amide bonds. The molecule has 2 aromatic carbocycles. The number of hydrogen-bond donors (Lipinski definition) is 3. The van der Waals surface area contributed by atoms with E-state index in [1.165, 1.54) is 24.0 Å². The number of nitrogens with one attached hydrogen (secondary N) is 1. The van der Waals surface area contributed by atoms with Crippen LogP contribution in [0.1, 0.15) is 67.4 Å². The minimum atomic E-state index is -5.78. The molecule has 1 unspecified atom stereocenters. The molecule has 2 aliphatic rings. The fourth-order valence-corrected chi connectivity index (χ4v) is 7.77. The van der Waals surface area contributed by atoms with Crippen LogP contribution in [0.15, 0.2) is 54.6 Å². The van der Waals surface area contributed by atoms with Crippen molar-refractivity contribution in [3.63, 3.8) is 0 Å². The van der Waals surface area contributed by atoms with Crippen LogP contribution in [-0.4, -0.2) is 86.4 Å². The number of nitrogens with zero attached hydrogens (tertiary/aromatic N) is 3. The second kappa shape index (κ2) is 13.3. The molecule has 2 aliphatic heterocycles. The summed E-state index contributed by atoms with van der Waals surface area (Å²) >= 11 is 0.989. The SMILES string of the molecule is CC(=O)N1CCN(C(=O)[C@@H]2CCCN2C(=O)C(NC(=O)c2cc3cc(C(F)(F)P(=O)(O)O)ccc3s2)C(C)(C)C)C[C@H]1c1ccccc1. The fourth-order valence-electron chi connectivity index (χ4n) is 6.35. The van der Waals surface area contributed by atoms with E-state index in [0.29, 0.717) is 37.2 Å². The first kappa shape index (κ1) is 35.6. The smallest absolute Gasteiger partial charge is 0.339 e. The van der Waals surface area contributed by atoms with E-state index >= 15 is 0 Å². The van der Waals surface area contributed by atoms with E-state index in [1.807, 2.05) is 30.3 Å². The lowest BCUT2D eigenvalue weighted by Crippen LogP contribution is -2.59. The fraction of sp³-hybridized carbons (Fsp3) is 0.455. The molecule has 2 saturated heterocycles. The largest absolute Gasteiger partial charge is 0.399 e. The average Bonchev–Trinajstić information content (AvgIpc) is 3.69. The summed E-state index contributed by atoms with van der Waals surface area (Å²) in [5.74, 6) is -1.34. The Morgan fingerprint density at radius 3 is 2.29 bits per heavy atom. The predicted octanol–water partition coefficient (Wildman–Crippen LogP) is 4.70. The topological polar surface area (TPSA) is 148 Å². The van der Waals surface area contributed by atoms with Gasteiger partial charge in [0.05, 0.1) is 10.9 Å². The van der Waals surface area contributed by atoms with Gasteiger partial charge in [0.2, 0.25) is 17.7 Å². The van der Waals surface area contributed by atoms with Crippen LogP contribution in [0.2, 0.25) is 0 Å². The number of amides is 4. The first-order chi connectivity index (χ1) is 22.4. The third kappa shape index (κ3) is 7.03. The molecule has 3 aromatic rings.